The van der Waals surface area contributed by atoms with Gasteiger partial charge in [-0.3, -0.25) is 4.79 Å². The van der Waals surface area contributed by atoms with Crippen LogP contribution < -0.4 is 10.6 Å². The number of hydrogen-bond acceptors (Lipinski definition) is 4. The van der Waals surface area contributed by atoms with Gasteiger partial charge in [-0.2, -0.15) is 0 Å². The number of oxazole rings is 1. The first-order valence-corrected chi connectivity index (χ1v) is 8.67. The van der Waals surface area contributed by atoms with Crippen LogP contribution in [0, 0.1) is 0 Å². The minimum absolute atomic E-state index is 0.0175. The Hall–Kier alpha value is -1.66. The van der Waals surface area contributed by atoms with Crippen LogP contribution in [0.1, 0.15) is 25.7 Å². The third kappa shape index (κ3) is 5.80. The molecule has 0 atom stereocenters. The SMILES string of the molecule is CCCNCCNC(=O)CCc1ncc(-c2ccccc2Br)o1. The van der Waals surface area contributed by atoms with Crippen LogP contribution in [-0.4, -0.2) is 30.5 Å². The summed E-state index contributed by atoms with van der Waals surface area (Å²) < 4.78 is 6.68. The van der Waals surface area contributed by atoms with Gasteiger partial charge < -0.3 is 15.1 Å². The molecule has 0 radical (unpaired) electrons. The second-order valence-electron chi connectivity index (χ2n) is 5.20. The van der Waals surface area contributed by atoms with E-state index < -0.39 is 0 Å². The number of nitrogens with zero attached hydrogens (tertiary/aromatic N) is 1. The molecule has 0 saturated carbocycles. The van der Waals surface area contributed by atoms with E-state index in [-0.39, 0.29) is 5.91 Å². The number of aryl methyl sites for hydroxylation is 1. The Morgan fingerprint density at radius 1 is 1.26 bits per heavy atom. The number of nitrogens with one attached hydrogen (secondary N) is 2. The number of amides is 1. The maximum absolute atomic E-state index is 11.8. The smallest absolute Gasteiger partial charge is 0.220 e. The summed E-state index contributed by atoms with van der Waals surface area (Å²) in [6.07, 6.45) is 3.67. The summed E-state index contributed by atoms with van der Waals surface area (Å²) in [6.45, 7) is 4.53. The molecule has 0 aliphatic rings. The highest BCUT2D eigenvalue weighted by Crippen LogP contribution is 2.28. The van der Waals surface area contributed by atoms with Gasteiger partial charge >= 0.3 is 0 Å². The van der Waals surface area contributed by atoms with Crippen molar-refractivity contribution in [1.82, 2.24) is 15.6 Å². The number of rotatable bonds is 9. The molecular formula is C17H22BrN3O2. The normalized spacial score (nSPS) is 10.7. The van der Waals surface area contributed by atoms with Crippen molar-refractivity contribution in [3.8, 4) is 11.3 Å². The molecule has 0 saturated heterocycles. The first kappa shape index (κ1) is 17.7. The van der Waals surface area contributed by atoms with E-state index in [0.29, 0.717) is 31.0 Å². The van der Waals surface area contributed by atoms with E-state index in [1.54, 1.807) is 6.20 Å². The molecule has 1 aromatic carbocycles. The van der Waals surface area contributed by atoms with Crippen molar-refractivity contribution in [3.63, 3.8) is 0 Å². The molecule has 23 heavy (non-hydrogen) atoms. The van der Waals surface area contributed by atoms with E-state index in [4.69, 9.17) is 4.42 Å². The van der Waals surface area contributed by atoms with Crippen LogP contribution in [0.15, 0.2) is 39.4 Å². The van der Waals surface area contributed by atoms with Gasteiger partial charge in [-0.05, 0) is 19.0 Å². The lowest BCUT2D eigenvalue weighted by Gasteiger charge is -2.05. The summed E-state index contributed by atoms with van der Waals surface area (Å²) in [6, 6.07) is 7.81. The first-order chi connectivity index (χ1) is 11.2. The van der Waals surface area contributed by atoms with Gasteiger partial charge in [-0.25, -0.2) is 4.98 Å². The summed E-state index contributed by atoms with van der Waals surface area (Å²) in [5.74, 6) is 1.30. The monoisotopic (exact) mass is 379 g/mol. The number of halogens is 1. The summed E-state index contributed by atoms with van der Waals surface area (Å²) in [4.78, 5) is 16.0. The Labute approximate surface area is 145 Å². The molecule has 1 heterocycles. The standard InChI is InChI=1S/C17H22BrN3O2/c1-2-9-19-10-11-20-16(22)7-8-17-21-12-15(23-17)13-5-3-4-6-14(13)18/h3-6,12,19H,2,7-11H2,1H3,(H,20,22). The molecule has 5 nitrogen and oxygen atoms in total. The zero-order chi connectivity index (χ0) is 16.5. The van der Waals surface area contributed by atoms with Crippen LogP contribution in [-0.2, 0) is 11.2 Å². The fourth-order valence-electron chi connectivity index (χ4n) is 2.11. The highest BCUT2D eigenvalue weighted by atomic mass is 79.9. The molecule has 1 aromatic heterocycles. The van der Waals surface area contributed by atoms with E-state index >= 15 is 0 Å². The number of aromatic nitrogens is 1. The quantitative estimate of drug-likeness (QED) is 0.656. The maximum Gasteiger partial charge on any atom is 0.220 e. The molecule has 124 valence electrons. The van der Waals surface area contributed by atoms with E-state index in [0.717, 1.165) is 29.5 Å². The zero-order valence-electron chi connectivity index (χ0n) is 13.3. The molecule has 2 aromatic rings. The lowest BCUT2D eigenvalue weighted by molar-refractivity contribution is -0.121. The molecule has 0 spiro atoms. The first-order valence-electron chi connectivity index (χ1n) is 7.87. The predicted molar refractivity (Wildman–Crippen MR) is 94.1 cm³/mol. The molecule has 2 N–H and O–H groups in total. The molecule has 0 aliphatic carbocycles. The van der Waals surface area contributed by atoms with E-state index in [2.05, 4.69) is 38.5 Å². The summed E-state index contributed by atoms with van der Waals surface area (Å²) in [5.41, 5.74) is 0.956. The second kappa shape index (κ2) is 9.47. The van der Waals surface area contributed by atoms with Gasteiger partial charge in [0.05, 0.1) is 6.20 Å². The van der Waals surface area contributed by atoms with Crippen molar-refractivity contribution in [3.05, 3.63) is 40.8 Å². The number of carbonyl (C=O) groups is 1. The second-order valence-corrected chi connectivity index (χ2v) is 6.05. The third-order valence-corrected chi connectivity index (χ3v) is 4.00. The fraction of sp³-hybridized carbons (Fsp3) is 0.412. The van der Waals surface area contributed by atoms with Gasteiger partial charge in [0.2, 0.25) is 5.91 Å². The van der Waals surface area contributed by atoms with Crippen molar-refractivity contribution in [2.45, 2.75) is 26.2 Å². The Morgan fingerprint density at radius 2 is 2.09 bits per heavy atom. The van der Waals surface area contributed by atoms with Gasteiger partial charge in [-0.1, -0.05) is 41.1 Å². The Bertz CT molecular complexity index is 628. The predicted octanol–water partition coefficient (Wildman–Crippen LogP) is 3.15. The van der Waals surface area contributed by atoms with Crippen molar-refractivity contribution in [1.29, 1.82) is 0 Å². The van der Waals surface area contributed by atoms with E-state index in [9.17, 15) is 4.79 Å². The lowest BCUT2D eigenvalue weighted by Crippen LogP contribution is -2.32. The molecule has 1 amide bonds. The minimum atomic E-state index is 0.0175. The van der Waals surface area contributed by atoms with E-state index in [1.165, 1.54) is 0 Å². The highest BCUT2D eigenvalue weighted by Gasteiger charge is 2.10. The third-order valence-electron chi connectivity index (χ3n) is 3.31. The minimum Gasteiger partial charge on any atom is -0.441 e. The van der Waals surface area contributed by atoms with Crippen LogP contribution in [0.3, 0.4) is 0 Å². The van der Waals surface area contributed by atoms with Crippen molar-refractivity contribution >= 4 is 21.8 Å². The molecule has 0 fully saturated rings. The average molecular weight is 380 g/mol. The fourth-order valence-corrected chi connectivity index (χ4v) is 2.59. The van der Waals surface area contributed by atoms with Crippen molar-refractivity contribution in [2.24, 2.45) is 0 Å². The summed E-state index contributed by atoms with van der Waals surface area (Å²) in [5, 5.41) is 6.12. The lowest BCUT2D eigenvalue weighted by atomic mass is 10.2. The zero-order valence-corrected chi connectivity index (χ0v) is 14.9. The van der Waals surface area contributed by atoms with Gasteiger partial charge in [0.1, 0.15) is 0 Å². The van der Waals surface area contributed by atoms with Crippen LogP contribution in [0.25, 0.3) is 11.3 Å². The van der Waals surface area contributed by atoms with Crippen LogP contribution in [0.5, 0.6) is 0 Å². The Morgan fingerprint density at radius 3 is 2.87 bits per heavy atom. The average Bonchev–Trinajstić information content (AvgIpc) is 3.02. The van der Waals surface area contributed by atoms with Gasteiger partial charge in [0.15, 0.2) is 11.7 Å². The van der Waals surface area contributed by atoms with Crippen molar-refractivity contribution in [2.75, 3.05) is 19.6 Å². The van der Waals surface area contributed by atoms with Crippen molar-refractivity contribution < 1.29 is 9.21 Å². The van der Waals surface area contributed by atoms with Gasteiger partial charge in [0, 0.05) is 36.0 Å². The van der Waals surface area contributed by atoms with Crippen LogP contribution in [0.4, 0.5) is 0 Å². The van der Waals surface area contributed by atoms with Crippen LogP contribution in [0.2, 0.25) is 0 Å². The number of carbonyl (C=O) groups excluding carboxylic acids is 1. The highest BCUT2D eigenvalue weighted by molar-refractivity contribution is 9.10. The largest absolute Gasteiger partial charge is 0.441 e. The molecule has 0 bridgehead atoms. The Kier molecular flexibility index (Phi) is 7.29. The number of benzene rings is 1. The molecule has 6 heteroatoms. The van der Waals surface area contributed by atoms with Gasteiger partial charge in [0.25, 0.3) is 0 Å². The molecule has 0 aliphatic heterocycles. The topological polar surface area (TPSA) is 67.2 Å². The number of hydrogen-bond donors (Lipinski definition) is 2. The van der Waals surface area contributed by atoms with E-state index in [1.807, 2.05) is 24.3 Å². The van der Waals surface area contributed by atoms with Crippen LogP contribution >= 0.6 is 15.9 Å². The molecular weight excluding hydrogens is 358 g/mol. The summed E-state index contributed by atoms with van der Waals surface area (Å²) >= 11 is 3.49. The Balaban J connectivity index is 1.77. The molecule has 0 unspecified atom stereocenters. The molecule has 2 rings (SSSR count). The summed E-state index contributed by atoms with van der Waals surface area (Å²) in [7, 11) is 0. The van der Waals surface area contributed by atoms with Gasteiger partial charge in [-0.15, -0.1) is 0 Å². The maximum atomic E-state index is 11.8.